The van der Waals surface area contributed by atoms with Gasteiger partial charge in [-0.25, -0.2) is 46.6 Å². The number of hydrogen-bond donors (Lipinski definition) is 0. The van der Waals surface area contributed by atoms with E-state index in [-0.39, 0.29) is 24.8 Å². The molecule has 0 radical (unpaired) electrons. The van der Waals surface area contributed by atoms with Crippen molar-refractivity contribution in [3.05, 3.63) is 217 Å². The minimum absolute atomic E-state index is 0. The zero-order valence-corrected chi connectivity index (χ0v) is 41.2. The summed E-state index contributed by atoms with van der Waals surface area (Å²) in [4.78, 5) is 0. The molecule has 4 aromatic rings. The second-order valence-electron chi connectivity index (χ2n) is 12.9. The van der Waals surface area contributed by atoms with Crippen LogP contribution in [-0.2, 0) is 38.3 Å². The molecule has 0 N–H and O–H groups in total. The second kappa shape index (κ2) is 34.0. The first-order valence-corrected chi connectivity index (χ1v) is 27.6. The molecule has 0 saturated heterocycles. The fourth-order valence-corrected chi connectivity index (χ4v) is 11.4. The summed E-state index contributed by atoms with van der Waals surface area (Å²) in [6, 6.07) is 43.0. The fourth-order valence-electron chi connectivity index (χ4n) is 5.52. The summed E-state index contributed by atoms with van der Waals surface area (Å²) in [5.74, 6) is 0. The van der Waals surface area contributed by atoms with Gasteiger partial charge in [0.15, 0.2) is 0 Å². The summed E-state index contributed by atoms with van der Waals surface area (Å²) in [6.07, 6.45) is 37.5. The Labute approximate surface area is 388 Å². The van der Waals surface area contributed by atoms with Crippen LogP contribution in [0.4, 0.5) is 0 Å². The molecule has 0 nitrogen and oxygen atoms in total. The summed E-state index contributed by atoms with van der Waals surface area (Å²) in [7, 11) is 0. The number of rotatable bonds is 8. The van der Waals surface area contributed by atoms with Gasteiger partial charge in [-0.05, 0) is 0 Å². The number of allylic oxidation sites excluding steroid dienone is 16. The van der Waals surface area contributed by atoms with E-state index in [0.717, 1.165) is 51.4 Å². The van der Waals surface area contributed by atoms with Gasteiger partial charge in [-0.2, -0.15) is 24.3 Å². The van der Waals surface area contributed by atoms with Crippen molar-refractivity contribution in [3.63, 3.8) is 0 Å². The molecule has 0 aromatic heterocycles. The number of benzene rings is 4. The van der Waals surface area contributed by atoms with Crippen LogP contribution in [0, 0.1) is 24.3 Å². The van der Waals surface area contributed by atoms with E-state index in [1.165, 1.54) is 43.0 Å². The predicted molar refractivity (Wildman–Crippen MR) is 239 cm³/mol. The molecule has 0 fully saturated rings. The van der Waals surface area contributed by atoms with Gasteiger partial charge in [0.1, 0.15) is 0 Å². The molecule has 6 heteroatoms. The summed E-state index contributed by atoms with van der Waals surface area (Å²) in [5, 5.41) is 5.90. The van der Waals surface area contributed by atoms with Crippen molar-refractivity contribution in [2.75, 3.05) is 0 Å². The average Bonchev–Trinajstić information content (AvgIpc) is 4.15. The van der Waals surface area contributed by atoms with Gasteiger partial charge < -0.3 is 24.8 Å². The molecule has 4 aliphatic rings. The summed E-state index contributed by atoms with van der Waals surface area (Å²) >= 11 is 4.69. The van der Waals surface area contributed by atoms with Crippen molar-refractivity contribution in [2.24, 2.45) is 0 Å². The normalized spacial score (nSPS) is 13.2. The topological polar surface area (TPSA) is 0 Å². The standard InChI is InChI=1S/2C12H10Si.4C7H9.2ClH.2Ti/c2*1-3-7-11(8-4-1)13-12-9-5-2-6-10-12;4*1-2-7-5-3-4-6-7;;;;/h2*1-10H;4*3,5H,2,4H2,1H3;2*1H;;/q;;4*-1;;;2*+2/p-2. The first kappa shape index (κ1) is 53.3. The predicted octanol–water partition coefficient (Wildman–Crippen LogP) is 5.03. The Balaban J connectivity index is 0.000000357. The second-order valence-corrected chi connectivity index (χ2v) is 21.4. The van der Waals surface area contributed by atoms with Crippen molar-refractivity contribution in [1.29, 1.82) is 0 Å². The minimum atomic E-state index is -0.545. The Morgan fingerprint density at radius 2 is 0.552 bits per heavy atom. The molecule has 296 valence electrons. The molecule has 4 aliphatic carbocycles. The third kappa shape index (κ3) is 22.0. The van der Waals surface area contributed by atoms with Gasteiger partial charge in [0.05, 0.1) is 0 Å². The summed E-state index contributed by atoms with van der Waals surface area (Å²) in [6.45, 7) is 8.60. The molecule has 0 amide bonds. The third-order valence-electron chi connectivity index (χ3n) is 8.84. The van der Waals surface area contributed by atoms with E-state index in [4.69, 9.17) is 0 Å². The molecule has 0 unspecified atom stereocenters. The van der Waals surface area contributed by atoms with Crippen molar-refractivity contribution in [2.45, 2.75) is 79.1 Å². The molecular weight excluding hydrogens is 847 g/mol. The monoisotopic (exact) mass is 902 g/mol. The van der Waals surface area contributed by atoms with Crippen LogP contribution in [0.15, 0.2) is 192 Å². The van der Waals surface area contributed by atoms with Crippen LogP contribution in [0.5, 0.6) is 0 Å². The van der Waals surface area contributed by atoms with E-state index in [1.54, 1.807) is 0 Å². The van der Waals surface area contributed by atoms with E-state index >= 15 is 0 Å². The van der Waals surface area contributed by atoms with Gasteiger partial charge in [-0.3, -0.25) is 24.3 Å². The van der Waals surface area contributed by atoms with Crippen molar-refractivity contribution < 1.29 is 63.2 Å². The number of halogens is 2. The Morgan fingerprint density at radius 1 is 0.362 bits per heavy atom. The average molecular weight is 904 g/mol. The molecule has 58 heavy (non-hydrogen) atoms. The Hall–Kier alpha value is -2.76. The summed E-state index contributed by atoms with van der Waals surface area (Å²) in [5.41, 5.74) is 5.44. The van der Waals surface area contributed by atoms with Gasteiger partial charge in [0.2, 0.25) is 0 Å². The van der Waals surface area contributed by atoms with Gasteiger partial charge in [-0.15, -0.1) is 25.7 Å². The third-order valence-corrected chi connectivity index (χ3v) is 17.9. The Bertz CT molecular complexity index is 1700. The van der Waals surface area contributed by atoms with Crippen LogP contribution in [0.2, 0.25) is 0 Å². The maximum atomic E-state index is 3.21. The van der Waals surface area contributed by atoms with Crippen LogP contribution >= 0.6 is 0 Å². The number of hydrogen-bond acceptors (Lipinski definition) is 0. The fraction of sp³-hybridized carbons (Fsp3) is 0.231. The van der Waals surface area contributed by atoms with Gasteiger partial charge in [-0.1, -0.05) is 53.4 Å². The molecule has 0 saturated carbocycles. The zero-order chi connectivity index (χ0) is 40.1. The van der Waals surface area contributed by atoms with Crippen LogP contribution < -0.4 is 45.6 Å². The maximum absolute atomic E-state index is 3.21. The van der Waals surface area contributed by atoms with Crippen molar-refractivity contribution in [1.82, 2.24) is 0 Å². The van der Waals surface area contributed by atoms with E-state index in [9.17, 15) is 0 Å². The SMILES string of the molecule is CCC1=[C-]CC=C1.CCC1=[C-]CC=C1.CCC1=[C-]CC=C1.CCC1=[C-]CC=C1.[Cl-].[Cl-].[Ti+2]=[Si](c1ccccc1)c1ccccc1.[Ti+2]=[Si](c1ccccc1)c1ccccc1. The molecule has 0 spiro atoms. The molecule has 4 aromatic carbocycles. The van der Waals surface area contributed by atoms with Crippen LogP contribution in [0.25, 0.3) is 0 Å². The molecule has 0 heterocycles. The Kier molecular flexibility index (Phi) is 31.2. The molecule has 0 atom stereocenters. The van der Waals surface area contributed by atoms with E-state index in [2.05, 4.69) is 260 Å². The van der Waals surface area contributed by atoms with E-state index in [0.29, 0.717) is 0 Å². The van der Waals surface area contributed by atoms with Gasteiger partial charge in [0.25, 0.3) is 0 Å². The van der Waals surface area contributed by atoms with Crippen LogP contribution in [0.1, 0.15) is 79.1 Å². The first-order valence-electron chi connectivity index (χ1n) is 19.9. The molecule has 0 bridgehead atoms. The summed E-state index contributed by atoms with van der Waals surface area (Å²) < 4.78 is 0. The van der Waals surface area contributed by atoms with Crippen LogP contribution in [0.3, 0.4) is 0 Å². The van der Waals surface area contributed by atoms with Gasteiger partial charge in [0, 0.05) is 0 Å². The molecule has 0 aliphatic heterocycles. The molecule has 8 rings (SSSR count). The van der Waals surface area contributed by atoms with E-state index < -0.39 is 12.4 Å². The van der Waals surface area contributed by atoms with E-state index in [1.807, 2.05) is 0 Å². The van der Waals surface area contributed by atoms with Crippen molar-refractivity contribution in [3.8, 4) is 0 Å². The Morgan fingerprint density at radius 3 is 0.672 bits per heavy atom. The van der Waals surface area contributed by atoms with Gasteiger partial charge >= 0.3 is 193 Å². The van der Waals surface area contributed by atoms with Crippen molar-refractivity contribution >= 4 is 33.1 Å². The zero-order valence-electron chi connectivity index (χ0n) is 34.6. The molecular formula is C52H56Cl2Si2Ti2-2. The quantitative estimate of drug-likeness (QED) is 0.172. The first-order chi connectivity index (χ1) is 27.5. The van der Waals surface area contributed by atoms with Crippen LogP contribution in [-0.4, -0.2) is 12.4 Å².